The van der Waals surface area contributed by atoms with Gasteiger partial charge in [-0.2, -0.15) is 0 Å². The zero-order valence-corrected chi connectivity index (χ0v) is 10.4. The number of aryl methyl sites for hydroxylation is 1. The molecule has 0 bridgehead atoms. The minimum absolute atomic E-state index is 0.966. The summed E-state index contributed by atoms with van der Waals surface area (Å²) in [6.07, 6.45) is 1.79. The van der Waals surface area contributed by atoms with Gasteiger partial charge < -0.3 is 4.57 Å². The first-order valence-corrected chi connectivity index (χ1v) is 5.91. The number of hydrogen-bond acceptors (Lipinski definition) is 2. The first-order valence-electron chi connectivity index (χ1n) is 5.46. The highest BCUT2D eigenvalue weighted by Crippen LogP contribution is 2.29. The molecule has 3 heteroatoms. The van der Waals surface area contributed by atoms with Crippen LogP contribution in [-0.4, -0.2) is 9.55 Å². The summed E-state index contributed by atoms with van der Waals surface area (Å²) < 4.78 is 2.10. The Morgan fingerprint density at radius 3 is 2.59 bits per heavy atom. The number of aromatic nitrogens is 2. The second-order valence-corrected chi connectivity index (χ2v) is 4.50. The highest BCUT2D eigenvalue weighted by molar-refractivity contribution is 7.80. The van der Waals surface area contributed by atoms with Gasteiger partial charge in [-0.3, -0.25) is 0 Å². The summed E-state index contributed by atoms with van der Waals surface area (Å²) in [5.41, 5.74) is 3.33. The Kier molecular flexibility index (Phi) is 2.41. The molecule has 0 aliphatic rings. The van der Waals surface area contributed by atoms with Gasteiger partial charge >= 0.3 is 0 Å². The lowest BCUT2D eigenvalue weighted by Gasteiger charge is -2.03. The fourth-order valence-electron chi connectivity index (χ4n) is 2.09. The Hall–Kier alpha value is -1.74. The molecular formula is C14H12N2S. The van der Waals surface area contributed by atoms with Crippen LogP contribution in [0.5, 0.6) is 0 Å². The lowest BCUT2D eigenvalue weighted by Crippen LogP contribution is -1.92. The van der Waals surface area contributed by atoms with E-state index in [4.69, 9.17) is 0 Å². The predicted octanol–water partition coefficient (Wildman–Crippen LogP) is 3.53. The second-order valence-electron chi connectivity index (χ2n) is 4.02. The molecule has 0 atom stereocenters. The average molecular weight is 240 g/mol. The Morgan fingerprint density at radius 1 is 1.12 bits per heavy atom. The second kappa shape index (κ2) is 3.93. The van der Waals surface area contributed by atoms with E-state index in [0.717, 1.165) is 21.6 Å². The fraction of sp³-hybridized carbons (Fsp3) is 0.0714. The van der Waals surface area contributed by atoms with E-state index in [1.54, 1.807) is 6.20 Å². The molecule has 3 rings (SSSR count). The number of nitrogens with zero attached hydrogens (tertiary/aromatic N) is 2. The largest absolute Gasteiger partial charge is 0.328 e. The third-order valence-corrected chi connectivity index (χ3v) is 3.37. The van der Waals surface area contributed by atoms with Gasteiger partial charge in [0.25, 0.3) is 0 Å². The molecule has 0 saturated heterocycles. The summed E-state index contributed by atoms with van der Waals surface area (Å²) in [6.45, 7) is 0. The minimum atomic E-state index is 0.966. The molecule has 0 unspecified atom stereocenters. The van der Waals surface area contributed by atoms with Crippen LogP contribution in [0.3, 0.4) is 0 Å². The topological polar surface area (TPSA) is 17.8 Å². The van der Waals surface area contributed by atoms with Gasteiger partial charge in [-0.1, -0.05) is 30.3 Å². The van der Waals surface area contributed by atoms with Gasteiger partial charge in [-0.05, 0) is 17.7 Å². The van der Waals surface area contributed by atoms with Gasteiger partial charge in [-0.15, -0.1) is 12.6 Å². The Bertz CT molecular complexity index is 671. The molecule has 3 aromatic rings. The SMILES string of the molecule is Cn1c(-c2ccccc2)cc2c(S)ccnc21. The van der Waals surface area contributed by atoms with Gasteiger partial charge in [0, 0.05) is 23.5 Å². The van der Waals surface area contributed by atoms with Crippen molar-refractivity contribution in [3.63, 3.8) is 0 Å². The lowest BCUT2D eigenvalue weighted by atomic mass is 10.1. The maximum atomic E-state index is 4.47. The molecule has 0 radical (unpaired) electrons. The van der Waals surface area contributed by atoms with E-state index in [0.29, 0.717) is 0 Å². The van der Waals surface area contributed by atoms with E-state index in [2.05, 4.69) is 40.4 Å². The van der Waals surface area contributed by atoms with Gasteiger partial charge in [0.15, 0.2) is 0 Å². The maximum absolute atomic E-state index is 4.47. The predicted molar refractivity (Wildman–Crippen MR) is 73.4 cm³/mol. The molecule has 17 heavy (non-hydrogen) atoms. The van der Waals surface area contributed by atoms with Crippen molar-refractivity contribution in [2.75, 3.05) is 0 Å². The van der Waals surface area contributed by atoms with Crippen molar-refractivity contribution in [3.05, 3.63) is 48.7 Å². The van der Waals surface area contributed by atoms with Crippen molar-refractivity contribution in [1.29, 1.82) is 0 Å². The van der Waals surface area contributed by atoms with E-state index in [-0.39, 0.29) is 0 Å². The van der Waals surface area contributed by atoms with Crippen molar-refractivity contribution in [3.8, 4) is 11.3 Å². The van der Waals surface area contributed by atoms with Crippen LogP contribution in [0.1, 0.15) is 0 Å². The summed E-state index contributed by atoms with van der Waals surface area (Å²) in [7, 11) is 2.03. The number of fused-ring (bicyclic) bond motifs is 1. The molecule has 0 saturated carbocycles. The molecule has 84 valence electrons. The Morgan fingerprint density at radius 2 is 1.88 bits per heavy atom. The highest BCUT2D eigenvalue weighted by Gasteiger charge is 2.09. The summed E-state index contributed by atoms with van der Waals surface area (Å²) in [4.78, 5) is 5.37. The number of hydrogen-bond donors (Lipinski definition) is 1. The molecule has 0 fully saturated rings. The van der Waals surface area contributed by atoms with Crippen LogP contribution in [0.25, 0.3) is 22.3 Å². The number of pyridine rings is 1. The Balaban J connectivity index is 2.32. The summed E-state index contributed by atoms with van der Waals surface area (Å²) in [6, 6.07) is 14.4. The highest BCUT2D eigenvalue weighted by atomic mass is 32.1. The van der Waals surface area contributed by atoms with Crippen LogP contribution >= 0.6 is 12.6 Å². The molecule has 0 N–H and O–H groups in total. The average Bonchev–Trinajstić information content (AvgIpc) is 2.70. The van der Waals surface area contributed by atoms with Crippen LogP contribution in [0.2, 0.25) is 0 Å². The normalized spacial score (nSPS) is 10.9. The molecule has 0 spiro atoms. The van der Waals surface area contributed by atoms with Gasteiger partial charge in [0.2, 0.25) is 0 Å². The lowest BCUT2D eigenvalue weighted by molar-refractivity contribution is 0.956. The molecule has 2 heterocycles. The van der Waals surface area contributed by atoms with E-state index in [1.165, 1.54) is 5.56 Å². The maximum Gasteiger partial charge on any atom is 0.141 e. The third kappa shape index (κ3) is 1.63. The number of rotatable bonds is 1. The van der Waals surface area contributed by atoms with E-state index in [9.17, 15) is 0 Å². The summed E-state index contributed by atoms with van der Waals surface area (Å²) in [5.74, 6) is 0. The van der Waals surface area contributed by atoms with Gasteiger partial charge in [0.05, 0.1) is 5.69 Å². The zero-order valence-electron chi connectivity index (χ0n) is 9.46. The van der Waals surface area contributed by atoms with Crippen LogP contribution < -0.4 is 0 Å². The molecule has 0 aliphatic carbocycles. The molecule has 0 aliphatic heterocycles. The quantitative estimate of drug-likeness (QED) is 0.644. The molecule has 2 nitrogen and oxygen atoms in total. The van der Waals surface area contributed by atoms with Gasteiger partial charge in [-0.25, -0.2) is 4.98 Å². The first kappa shape index (κ1) is 10.4. The van der Waals surface area contributed by atoms with Crippen LogP contribution in [0.15, 0.2) is 53.6 Å². The molecular weight excluding hydrogens is 228 g/mol. The van der Waals surface area contributed by atoms with Crippen molar-refractivity contribution < 1.29 is 0 Å². The third-order valence-electron chi connectivity index (χ3n) is 2.98. The van der Waals surface area contributed by atoms with Crippen molar-refractivity contribution in [2.24, 2.45) is 7.05 Å². The van der Waals surface area contributed by atoms with Gasteiger partial charge in [0.1, 0.15) is 5.65 Å². The minimum Gasteiger partial charge on any atom is -0.328 e. The fourth-order valence-corrected chi connectivity index (χ4v) is 2.32. The van der Waals surface area contributed by atoms with Crippen molar-refractivity contribution in [2.45, 2.75) is 4.90 Å². The van der Waals surface area contributed by atoms with E-state index >= 15 is 0 Å². The standard InChI is InChI=1S/C14H12N2S/c1-16-12(10-5-3-2-4-6-10)9-11-13(17)7-8-15-14(11)16/h2-9H,1H3,(H,15,17). The van der Waals surface area contributed by atoms with E-state index < -0.39 is 0 Å². The monoisotopic (exact) mass is 240 g/mol. The molecule has 1 aromatic carbocycles. The zero-order chi connectivity index (χ0) is 11.8. The number of benzene rings is 1. The summed E-state index contributed by atoms with van der Waals surface area (Å²) >= 11 is 4.47. The molecule has 0 amide bonds. The van der Waals surface area contributed by atoms with Crippen LogP contribution in [0.4, 0.5) is 0 Å². The molecule has 2 aromatic heterocycles. The smallest absolute Gasteiger partial charge is 0.141 e. The number of thiol groups is 1. The first-order chi connectivity index (χ1) is 8.27. The van der Waals surface area contributed by atoms with E-state index in [1.807, 2.05) is 31.3 Å². The van der Waals surface area contributed by atoms with Crippen LogP contribution in [-0.2, 0) is 7.05 Å². The van der Waals surface area contributed by atoms with Crippen molar-refractivity contribution >= 4 is 23.7 Å². The van der Waals surface area contributed by atoms with Crippen LogP contribution in [0, 0.1) is 0 Å². The van der Waals surface area contributed by atoms with Crippen molar-refractivity contribution in [1.82, 2.24) is 9.55 Å². The summed E-state index contributed by atoms with van der Waals surface area (Å²) in [5, 5.41) is 1.09. The Labute approximate surface area is 105 Å².